The molecule has 0 aromatic heterocycles. The average Bonchev–Trinajstić information content (AvgIpc) is 2.63. The number of hydrogen-bond donors (Lipinski definition) is 1. The zero-order chi connectivity index (χ0) is 18.9. The second kappa shape index (κ2) is 11.0. The fraction of sp³-hybridized carbons (Fsp3) is 0.250. The number of aliphatic carboxylic acids is 2. The van der Waals surface area contributed by atoms with Gasteiger partial charge in [0.1, 0.15) is 17.7 Å². The van der Waals surface area contributed by atoms with Crippen LogP contribution in [0, 0.1) is 0 Å². The molecule has 2 aliphatic heterocycles. The van der Waals surface area contributed by atoms with Crippen molar-refractivity contribution in [2.75, 3.05) is 6.61 Å². The van der Waals surface area contributed by atoms with Gasteiger partial charge in [-0.2, -0.15) is 0 Å². The van der Waals surface area contributed by atoms with Crippen LogP contribution in [0.4, 0.5) is 0 Å². The molecule has 9 nitrogen and oxygen atoms in total. The molecule has 2 aliphatic rings. The van der Waals surface area contributed by atoms with E-state index in [0.29, 0.717) is 10.6 Å². The van der Waals surface area contributed by atoms with Crippen molar-refractivity contribution in [2.24, 2.45) is 4.99 Å². The van der Waals surface area contributed by atoms with E-state index >= 15 is 0 Å². The summed E-state index contributed by atoms with van der Waals surface area (Å²) in [6.45, 7) is -0.397. The Morgan fingerprint density at radius 1 is 1.25 bits per heavy atom. The summed E-state index contributed by atoms with van der Waals surface area (Å²) in [6.07, 6.45) is 0.875. The molecule has 2 heterocycles. The largest absolute Gasteiger partial charge is 1.00 e. The smallest absolute Gasteiger partial charge is 0.860 e. The molecule has 0 radical (unpaired) electrons. The minimum atomic E-state index is -2.59. The topological polar surface area (TPSA) is 142 Å². The second-order valence-corrected chi connectivity index (χ2v) is 6.49. The molecule has 12 heteroatoms. The number of carbonyl (C=O) groups excluding carboxylic acids is 2. The fourth-order valence-corrected chi connectivity index (χ4v) is 3.81. The molecule has 28 heavy (non-hydrogen) atoms. The summed E-state index contributed by atoms with van der Waals surface area (Å²) in [6, 6.07) is 7.34. The number of hydrogen-bond acceptors (Lipinski definition) is 8. The summed E-state index contributed by atoms with van der Waals surface area (Å²) >= 11 is 1.00. The second-order valence-electron chi connectivity index (χ2n) is 5.47. The number of carboxylic acid groups (broad SMARTS) is 2. The normalized spacial score (nSPS) is 25.5. The van der Waals surface area contributed by atoms with Crippen molar-refractivity contribution in [3.63, 3.8) is 0 Å². The van der Waals surface area contributed by atoms with Gasteiger partial charge in [-0.15, -0.1) is 11.8 Å². The summed E-state index contributed by atoms with van der Waals surface area (Å²) in [4.78, 5) is 39.5. The van der Waals surface area contributed by atoms with Gasteiger partial charge in [0.25, 0.3) is 5.91 Å². The van der Waals surface area contributed by atoms with E-state index in [1.54, 1.807) is 30.3 Å². The van der Waals surface area contributed by atoms with Gasteiger partial charge in [0.15, 0.2) is 6.04 Å². The Morgan fingerprint density at radius 2 is 1.89 bits per heavy atom. The van der Waals surface area contributed by atoms with Crippen LogP contribution in [-0.2, 0) is 14.4 Å². The first kappa shape index (κ1) is 26.3. The summed E-state index contributed by atoms with van der Waals surface area (Å²) in [5.41, 5.74) is -2.59. The molecule has 3 rings (SSSR count). The Morgan fingerprint density at radius 3 is 2.46 bits per heavy atom. The van der Waals surface area contributed by atoms with E-state index in [1.165, 1.54) is 5.41 Å². The van der Waals surface area contributed by atoms with Gasteiger partial charge >= 0.3 is 109 Å². The number of nitrogens with zero attached hydrogens (tertiary/aromatic N) is 2. The van der Waals surface area contributed by atoms with Crippen LogP contribution in [0.25, 0.3) is 0 Å². The summed E-state index contributed by atoms with van der Waals surface area (Å²) in [5, 5.41) is 32.9. The van der Waals surface area contributed by atoms with E-state index in [-0.39, 0.29) is 103 Å². The van der Waals surface area contributed by atoms with Crippen molar-refractivity contribution in [3.05, 3.63) is 41.8 Å². The maximum absolute atomic E-state index is 12.3. The predicted octanol–water partition coefficient (Wildman–Crippen LogP) is -7.80. The van der Waals surface area contributed by atoms with Crippen molar-refractivity contribution in [3.8, 4) is 5.75 Å². The number of β-lactam (4-membered cyclic amide) rings is 1. The molecule has 1 saturated heterocycles. The molecule has 1 N–H and O–H groups in total. The van der Waals surface area contributed by atoms with Crippen molar-refractivity contribution >= 4 is 35.5 Å². The van der Waals surface area contributed by atoms with E-state index < -0.39 is 47.3 Å². The van der Waals surface area contributed by atoms with E-state index in [1.807, 2.05) is 0 Å². The average molecular weight is 455 g/mol. The number of ether oxygens (including phenoxy) is 1. The fourth-order valence-electron chi connectivity index (χ4n) is 2.66. The Hall–Kier alpha value is 0.263. The minimum Gasteiger partial charge on any atom is -0.860 e. The number of aliphatic imine (C=N–C) groups is 1. The van der Waals surface area contributed by atoms with Crippen LogP contribution in [0.3, 0.4) is 0 Å². The molecule has 0 bridgehead atoms. The first-order valence-electron chi connectivity index (χ1n) is 7.40. The van der Waals surface area contributed by atoms with Crippen LogP contribution in [0.5, 0.6) is 5.75 Å². The zero-order valence-electron chi connectivity index (χ0n) is 15.1. The maximum atomic E-state index is 12.3. The third-order valence-electron chi connectivity index (χ3n) is 3.95. The monoisotopic (exact) mass is 454 g/mol. The van der Waals surface area contributed by atoms with Gasteiger partial charge in [-0.05, 0) is 29.5 Å². The molecular formula is C16H12K2N2O7S. The third kappa shape index (κ3) is 4.94. The van der Waals surface area contributed by atoms with Gasteiger partial charge in [0.05, 0.1) is 5.97 Å². The summed E-state index contributed by atoms with van der Waals surface area (Å²) in [7, 11) is 0. The number of benzene rings is 1. The molecule has 1 aromatic carbocycles. The number of fused-ring (bicyclic) bond motifs is 1. The van der Waals surface area contributed by atoms with Crippen LogP contribution < -0.4 is 118 Å². The van der Waals surface area contributed by atoms with Crippen molar-refractivity contribution in [1.82, 2.24) is 4.90 Å². The Bertz CT molecular complexity index is 804. The van der Waals surface area contributed by atoms with Crippen LogP contribution in [0.2, 0.25) is 0 Å². The molecule has 1 aromatic rings. The molecule has 0 spiro atoms. The molecule has 1 amide bonds. The first-order chi connectivity index (χ1) is 12.4. The summed E-state index contributed by atoms with van der Waals surface area (Å²) < 4.78 is 5.24. The molecular weight excluding hydrogens is 442 g/mol. The van der Waals surface area contributed by atoms with Crippen LogP contribution in [-0.4, -0.2) is 57.3 Å². The SMILES string of the molecule is O=C1[C@@H](N=C([O-])COc2ccccc2)[C@H]2SC=CC(C(=O)[O-])(C(=O)O)N12.[K+].[K+]. The van der Waals surface area contributed by atoms with Crippen molar-refractivity contribution in [1.29, 1.82) is 0 Å². The molecule has 0 aliphatic carbocycles. The molecule has 1 unspecified atom stereocenters. The molecule has 136 valence electrons. The Kier molecular flexibility index (Phi) is 10.4. The van der Waals surface area contributed by atoms with E-state index in [9.17, 15) is 29.7 Å². The van der Waals surface area contributed by atoms with Crippen molar-refractivity contribution < 1.29 is 137 Å². The van der Waals surface area contributed by atoms with E-state index in [2.05, 4.69) is 4.99 Å². The Labute approximate surface area is 249 Å². The standard InChI is InChI=1S/C16H14N2O7S.2K/c19-10(8-25-9-4-2-1-3-5-9)17-11-12(20)18-13(11)26-7-6-16(18,14(21)22)15(23)24;;/h1-7,11,13H,8H2,(H,17,19)(H,21,22)(H,23,24);;/q;2*+1/p-2/t11-,13-;;/m1../s1. The number of rotatable bonds is 6. The number of carboxylic acids is 2. The maximum Gasteiger partial charge on any atom is 1.00 e. The van der Waals surface area contributed by atoms with E-state index in [0.717, 1.165) is 17.8 Å². The van der Waals surface area contributed by atoms with Crippen LogP contribution >= 0.6 is 11.8 Å². The third-order valence-corrected chi connectivity index (χ3v) is 4.99. The van der Waals surface area contributed by atoms with Gasteiger partial charge in [0.2, 0.25) is 5.54 Å². The predicted molar refractivity (Wildman–Crippen MR) is 85.9 cm³/mol. The molecule has 0 saturated carbocycles. The van der Waals surface area contributed by atoms with Gasteiger partial charge in [-0.25, -0.2) is 4.79 Å². The van der Waals surface area contributed by atoms with Crippen LogP contribution in [0.1, 0.15) is 0 Å². The zero-order valence-corrected chi connectivity index (χ0v) is 22.2. The van der Waals surface area contributed by atoms with Gasteiger partial charge < -0.3 is 29.8 Å². The van der Waals surface area contributed by atoms with Gasteiger partial charge in [-0.3, -0.25) is 9.79 Å². The first-order valence-corrected chi connectivity index (χ1v) is 8.35. The van der Waals surface area contributed by atoms with E-state index in [4.69, 9.17) is 4.74 Å². The molecule has 3 atom stereocenters. The quantitative estimate of drug-likeness (QED) is 0.147. The van der Waals surface area contributed by atoms with Crippen molar-refractivity contribution in [2.45, 2.75) is 17.0 Å². The minimum absolute atomic E-state index is 0. The van der Waals surface area contributed by atoms with Gasteiger partial charge in [-0.1, -0.05) is 18.2 Å². The number of thioether (sulfide) groups is 1. The number of amides is 1. The molecule has 1 fully saturated rings. The van der Waals surface area contributed by atoms with Gasteiger partial charge in [0, 0.05) is 0 Å². The number of para-hydroxylation sites is 1. The Balaban J connectivity index is 0.00000196. The summed E-state index contributed by atoms with van der Waals surface area (Å²) in [5.74, 6) is -4.81. The number of carbonyl (C=O) groups is 3. The van der Waals surface area contributed by atoms with Crippen LogP contribution in [0.15, 0.2) is 46.8 Å².